The maximum absolute atomic E-state index is 14.0. The van der Waals surface area contributed by atoms with Crippen molar-refractivity contribution in [3.8, 4) is 5.75 Å². The Morgan fingerprint density at radius 3 is 2.76 bits per heavy atom. The summed E-state index contributed by atoms with van der Waals surface area (Å²) in [6.07, 6.45) is 2.02. The van der Waals surface area contributed by atoms with Crippen molar-refractivity contribution in [2.24, 2.45) is 11.0 Å². The second-order valence-corrected chi connectivity index (χ2v) is 8.59. The van der Waals surface area contributed by atoms with Crippen molar-refractivity contribution >= 4 is 17.6 Å². The highest BCUT2D eigenvalue weighted by molar-refractivity contribution is 6.05. The van der Waals surface area contributed by atoms with E-state index in [0.29, 0.717) is 36.6 Å². The molecule has 2 aromatic carbocycles. The number of rotatable bonds is 7. The lowest BCUT2D eigenvalue weighted by molar-refractivity contribution is -0.150. The molecule has 0 spiro atoms. The van der Waals surface area contributed by atoms with Gasteiger partial charge in [-0.15, -0.1) is 0 Å². The lowest BCUT2D eigenvalue weighted by Gasteiger charge is -2.32. The van der Waals surface area contributed by atoms with Crippen molar-refractivity contribution in [3.05, 3.63) is 65.5 Å². The van der Waals surface area contributed by atoms with Crippen molar-refractivity contribution in [2.45, 2.75) is 32.2 Å². The minimum Gasteiger partial charge on any atom is -0.496 e. The maximum atomic E-state index is 14.0. The SMILES string of the molecule is CCOC(=O)[C@@H]1CCCN(CC(=O)N2N=C(c3ccccc3OC)C[C@H]2c2cccc(F)c2)C1. The molecule has 2 heterocycles. The molecule has 8 heteroatoms. The fourth-order valence-corrected chi connectivity index (χ4v) is 4.67. The van der Waals surface area contributed by atoms with E-state index in [1.54, 1.807) is 20.1 Å². The van der Waals surface area contributed by atoms with Crippen LogP contribution in [-0.2, 0) is 14.3 Å². The summed E-state index contributed by atoms with van der Waals surface area (Å²) in [5.41, 5.74) is 2.20. The Bertz CT molecular complexity index is 1070. The lowest BCUT2D eigenvalue weighted by Crippen LogP contribution is -2.44. The van der Waals surface area contributed by atoms with Crippen LogP contribution in [0.15, 0.2) is 53.6 Å². The van der Waals surface area contributed by atoms with Crippen molar-refractivity contribution < 1.29 is 23.5 Å². The predicted molar refractivity (Wildman–Crippen MR) is 126 cm³/mol. The van der Waals surface area contributed by atoms with E-state index in [4.69, 9.17) is 9.47 Å². The topological polar surface area (TPSA) is 71.4 Å². The Kier molecular flexibility index (Phi) is 7.57. The van der Waals surface area contributed by atoms with Gasteiger partial charge in [-0.1, -0.05) is 24.3 Å². The molecule has 2 atom stereocenters. The molecule has 0 bridgehead atoms. The number of hydrogen-bond donors (Lipinski definition) is 0. The molecular weight excluding hydrogens is 437 g/mol. The lowest BCUT2D eigenvalue weighted by atomic mass is 9.97. The number of nitrogens with zero attached hydrogens (tertiary/aromatic N) is 3. The van der Waals surface area contributed by atoms with Crippen LogP contribution in [0.25, 0.3) is 0 Å². The molecular formula is C26H30FN3O4. The minimum absolute atomic E-state index is 0.129. The van der Waals surface area contributed by atoms with Gasteiger partial charge in [-0.2, -0.15) is 5.10 Å². The Morgan fingerprint density at radius 1 is 1.18 bits per heavy atom. The summed E-state index contributed by atoms with van der Waals surface area (Å²) in [4.78, 5) is 27.6. The maximum Gasteiger partial charge on any atom is 0.310 e. The molecule has 1 amide bonds. The Balaban J connectivity index is 1.57. The predicted octanol–water partition coefficient (Wildman–Crippen LogP) is 3.79. The van der Waals surface area contributed by atoms with Crippen LogP contribution in [0.3, 0.4) is 0 Å². The van der Waals surface area contributed by atoms with E-state index < -0.39 is 6.04 Å². The number of likely N-dealkylation sites (tertiary alicyclic amines) is 1. The summed E-state index contributed by atoms with van der Waals surface area (Å²) in [5.74, 6) is -0.323. The Hall–Kier alpha value is -3.26. The summed E-state index contributed by atoms with van der Waals surface area (Å²) in [6.45, 7) is 3.47. The third-order valence-corrected chi connectivity index (χ3v) is 6.30. The van der Waals surface area contributed by atoms with E-state index in [-0.39, 0.29) is 30.2 Å². The first-order chi connectivity index (χ1) is 16.5. The van der Waals surface area contributed by atoms with Gasteiger partial charge in [0.1, 0.15) is 11.6 Å². The van der Waals surface area contributed by atoms with Crippen LogP contribution in [0.2, 0.25) is 0 Å². The number of piperidine rings is 1. The Labute approximate surface area is 199 Å². The van der Waals surface area contributed by atoms with Gasteiger partial charge >= 0.3 is 5.97 Å². The van der Waals surface area contributed by atoms with Crippen LogP contribution < -0.4 is 4.74 Å². The third-order valence-electron chi connectivity index (χ3n) is 6.30. The van der Waals surface area contributed by atoms with E-state index in [1.165, 1.54) is 17.1 Å². The zero-order valence-electron chi connectivity index (χ0n) is 19.6. The van der Waals surface area contributed by atoms with Crippen LogP contribution >= 0.6 is 0 Å². The number of amides is 1. The molecule has 7 nitrogen and oxygen atoms in total. The van der Waals surface area contributed by atoms with Gasteiger partial charge in [0.2, 0.25) is 0 Å². The molecule has 2 aromatic rings. The highest BCUT2D eigenvalue weighted by Gasteiger charge is 2.36. The van der Waals surface area contributed by atoms with Crippen LogP contribution in [-0.4, -0.2) is 60.8 Å². The molecule has 1 saturated heterocycles. The van der Waals surface area contributed by atoms with Gasteiger partial charge in [-0.05, 0) is 56.1 Å². The summed E-state index contributed by atoms with van der Waals surface area (Å²) in [5, 5.41) is 6.15. The number of ether oxygens (including phenoxy) is 2. The van der Waals surface area contributed by atoms with Gasteiger partial charge in [0, 0.05) is 18.5 Å². The van der Waals surface area contributed by atoms with Gasteiger partial charge < -0.3 is 9.47 Å². The number of benzene rings is 2. The molecule has 1 fully saturated rings. The van der Waals surface area contributed by atoms with Gasteiger partial charge in [0.25, 0.3) is 5.91 Å². The summed E-state index contributed by atoms with van der Waals surface area (Å²) in [7, 11) is 1.59. The molecule has 2 aliphatic rings. The number of hydrogen-bond acceptors (Lipinski definition) is 6. The molecule has 0 N–H and O–H groups in total. The Morgan fingerprint density at radius 2 is 2.00 bits per heavy atom. The minimum atomic E-state index is -0.422. The largest absolute Gasteiger partial charge is 0.496 e. The molecule has 0 unspecified atom stereocenters. The van der Waals surface area contributed by atoms with E-state index in [9.17, 15) is 14.0 Å². The van der Waals surface area contributed by atoms with Crippen LogP contribution in [0.1, 0.15) is 43.4 Å². The number of esters is 1. The molecule has 180 valence electrons. The van der Waals surface area contributed by atoms with Gasteiger partial charge in [-0.25, -0.2) is 9.40 Å². The third kappa shape index (κ3) is 5.28. The highest BCUT2D eigenvalue weighted by Crippen LogP contribution is 2.35. The van der Waals surface area contributed by atoms with Crippen LogP contribution in [0, 0.1) is 11.7 Å². The molecule has 34 heavy (non-hydrogen) atoms. The standard InChI is InChI=1S/C26H30FN3O4/c1-3-34-26(32)19-9-7-13-29(16-19)17-25(31)30-23(18-8-6-10-20(27)14-18)15-22(28-30)21-11-4-5-12-24(21)33-2/h4-6,8,10-12,14,19,23H,3,7,9,13,15-17H2,1-2H3/t19-,23+/m1/s1. The van der Waals surface area contributed by atoms with E-state index in [1.807, 2.05) is 35.2 Å². The number of carbonyl (C=O) groups excluding carboxylic acids is 2. The summed E-state index contributed by atoms with van der Waals surface area (Å²) < 4.78 is 24.7. The second kappa shape index (κ2) is 10.8. The fraction of sp³-hybridized carbons (Fsp3) is 0.423. The number of hydrazone groups is 1. The molecule has 0 saturated carbocycles. The van der Waals surface area contributed by atoms with Crippen molar-refractivity contribution in [3.63, 3.8) is 0 Å². The van der Waals surface area contributed by atoms with E-state index in [2.05, 4.69) is 5.10 Å². The first-order valence-corrected chi connectivity index (χ1v) is 11.7. The van der Waals surface area contributed by atoms with Gasteiger partial charge in [0.05, 0.1) is 37.9 Å². The summed E-state index contributed by atoms with van der Waals surface area (Å²) in [6, 6.07) is 13.4. The fourth-order valence-electron chi connectivity index (χ4n) is 4.67. The number of halogens is 1. The normalized spacial score (nSPS) is 20.7. The van der Waals surface area contributed by atoms with E-state index in [0.717, 1.165) is 24.9 Å². The molecule has 4 rings (SSSR count). The number of para-hydroxylation sites is 1. The first kappa shape index (κ1) is 23.9. The van der Waals surface area contributed by atoms with Crippen LogP contribution in [0.5, 0.6) is 5.75 Å². The molecule has 0 aliphatic carbocycles. The average molecular weight is 468 g/mol. The summed E-state index contributed by atoms with van der Waals surface area (Å²) >= 11 is 0. The molecule has 0 radical (unpaired) electrons. The van der Waals surface area contributed by atoms with Gasteiger partial charge in [-0.3, -0.25) is 14.5 Å². The van der Waals surface area contributed by atoms with Crippen LogP contribution in [0.4, 0.5) is 4.39 Å². The monoisotopic (exact) mass is 467 g/mol. The zero-order chi connectivity index (χ0) is 24.1. The molecule has 0 aromatic heterocycles. The molecule has 2 aliphatic heterocycles. The average Bonchev–Trinajstić information content (AvgIpc) is 3.30. The van der Waals surface area contributed by atoms with E-state index >= 15 is 0 Å². The van der Waals surface area contributed by atoms with Crippen molar-refractivity contribution in [1.82, 2.24) is 9.91 Å². The van der Waals surface area contributed by atoms with Crippen molar-refractivity contribution in [2.75, 3.05) is 33.4 Å². The first-order valence-electron chi connectivity index (χ1n) is 11.7. The zero-order valence-corrected chi connectivity index (χ0v) is 19.6. The number of methoxy groups -OCH3 is 1. The smallest absolute Gasteiger partial charge is 0.310 e. The highest BCUT2D eigenvalue weighted by atomic mass is 19.1. The van der Waals surface area contributed by atoms with Crippen molar-refractivity contribution in [1.29, 1.82) is 0 Å². The number of carbonyl (C=O) groups is 2. The quantitative estimate of drug-likeness (QED) is 0.580. The van der Waals surface area contributed by atoms with Gasteiger partial charge in [0.15, 0.2) is 0 Å². The second-order valence-electron chi connectivity index (χ2n) is 8.59.